The number of thiophene rings is 1. The highest BCUT2D eigenvalue weighted by atomic mass is 32.1. The van der Waals surface area contributed by atoms with Gasteiger partial charge in [-0.25, -0.2) is 0 Å². The first-order chi connectivity index (χ1) is 12.1. The quantitative estimate of drug-likeness (QED) is 0.835. The van der Waals surface area contributed by atoms with E-state index in [1.807, 2.05) is 23.6 Å². The summed E-state index contributed by atoms with van der Waals surface area (Å²) in [5, 5.41) is 9.59. The lowest BCUT2D eigenvalue weighted by Crippen LogP contribution is -2.40. The van der Waals surface area contributed by atoms with Gasteiger partial charge in [-0.1, -0.05) is 30.3 Å². The zero-order chi connectivity index (χ0) is 17.6. The molecule has 1 aliphatic rings. The Morgan fingerprint density at radius 3 is 2.76 bits per heavy atom. The van der Waals surface area contributed by atoms with Gasteiger partial charge < -0.3 is 10.6 Å². The van der Waals surface area contributed by atoms with Gasteiger partial charge in [0.25, 0.3) is 5.91 Å². The van der Waals surface area contributed by atoms with Gasteiger partial charge in [-0.3, -0.25) is 14.5 Å². The van der Waals surface area contributed by atoms with Gasteiger partial charge in [0, 0.05) is 36.5 Å². The minimum atomic E-state index is -0.128. The van der Waals surface area contributed by atoms with Crippen LogP contribution in [0, 0.1) is 0 Å². The van der Waals surface area contributed by atoms with Crippen molar-refractivity contribution in [1.82, 2.24) is 15.5 Å². The molecule has 2 heterocycles. The molecule has 1 aliphatic heterocycles. The fraction of sp³-hybridized carbons (Fsp3) is 0.368. The van der Waals surface area contributed by atoms with Crippen LogP contribution in [0.15, 0.2) is 47.2 Å². The van der Waals surface area contributed by atoms with Gasteiger partial charge in [-0.2, -0.15) is 11.3 Å². The highest BCUT2D eigenvalue weighted by Gasteiger charge is 2.33. The largest absolute Gasteiger partial charge is 0.351 e. The molecule has 2 amide bonds. The number of carbonyl (C=O) groups excluding carboxylic acids is 2. The molecule has 2 N–H and O–H groups in total. The number of nitrogens with zero attached hydrogens (tertiary/aromatic N) is 1. The van der Waals surface area contributed by atoms with Crippen molar-refractivity contribution in [3.8, 4) is 0 Å². The molecule has 132 valence electrons. The van der Waals surface area contributed by atoms with Crippen molar-refractivity contribution in [3.05, 3.63) is 58.3 Å². The number of hydrogen-bond acceptors (Lipinski definition) is 4. The summed E-state index contributed by atoms with van der Waals surface area (Å²) < 4.78 is 0. The molecular formula is C19H23N3O2S. The lowest BCUT2D eigenvalue weighted by atomic mass is 10.00. The van der Waals surface area contributed by atoms with Gasteiger partial charge in [0.05, 0.1) is 6.04 Å². The molecule has 0 unspecified atom stereocenters. The van der Waals surface area contributed by atoms with E-state index >= 15 is 0 Å². The van der Waals surface area contributed by atoms with E-state index in [4.69, 9.17) is 0 Å². The van der Waals surface area contributed by atoms with Gasteiger partial charge in [0.2, 0.25) is 5.91 Å². The van der Waals surface area contributed by atoms with E-state index in [0.29, 0.717) is 12.1 Å². The SMILES string of the molecule is CN1CC[C@H](NC(=O)CCNC(=O)c2ccsc2)[C@H]1c1ccccc1. The molecule has 1 aromatic heterocycles. The number of likely N-dealkylation sites (tertiary alicyclic amines) is 1. The molecule has 2 atom stereocenters. The van der Waals surface area contributed by atoms with Crippen LogP contribution in [0.25, 0.3) is 0 Å². The van der Waals surface area contributed by atoms with Crippen LogP contribution in [0.2, 0.25) is 0 Å². The predicted molar refractivity (Wildman–Crippen MR) is 99.6 cm³/mol. The Labute approximate surface area is 152 Å². The Bertz CT molecular complexity index is 703. The summed E-state index contributed by atoms with van der Waals surface area (Å²) >= 11 is 1.48. The highest BCUT2D eigenvalue weighted by molar-refractivity contribution is 7.08. The van der Waals surface area contributed by atoms with Gasteiger partial charge >= 0.3 is 0 Å². The molecule has 6 heteroatoms. The first-order valence-electron chi connectivity index (χ1n) is 8.50. The molecule has 1 aromatic carbocycles. The monoisotopic (exact) mass is 357 g/mol. The average Bonchev–Trinajstić information content (AvgIpc) is 3.26. The van der Waals surface area contributed by atoms with Crippen molar-refractivity contribution in [3.63, 3.8) is 0 Å². The predicted octanol–water partition coefficient (Wildman–Crippen LogP) is 2.43. The number of rotatable bonds is 6. The normalized spacial score (nSPS) is 20.4. The van der Waals surface area contributed by atoms with E-state index in [9.17, 15) is 9.59 Å². The van der Waals surface area contributed by atoms with Crippen LogP contribution in [-0.2, 0) is 4.79 Å². The number of hydrogen-bond donors (Lipinski definition) is 2. The zero-order valence-corrected chi connectivity index (χ0v) is 15.1. The summed E-state index contributed by atoms with van der Waals surface area (Å²) in [6.45, 7) is 1.30. The molecule has 3 rings (SSSR count). The summed E-state index contributed by atoms with van der Waals surface area (Å²) in [6.07, 6.45) is 1.22. The Hall–Kier alpha value is -2.18. The van der Waals surface area contributed by atoms with Crippen LogP contribution in [0.1, 0.15) is 34.8 Å². The second-order valence-corrected chi connectivity index (χ2v) is 7.10. The van der Waals surface area contributed by atoms with Gasteiger partial charge in [-0.05, 0) is 30.5 Å². The van der Waals surface area contributed by atoms with E-state index in [2.05, 4.69) is 34.7 Å². The van der Waals surface area contributed by atoms with E-state index < -0.39 is 0 Å². The van der Waals surface area contributed by atoms with Crippen molar-refractivity contribution in [2.75, 3.05) is 20.1 Å². The van der Waals surface area contributed by atoms with Crippen LogP contribution in [-0.4, -0.2) is 42.9 Å². The third-order valence-corrected chi connectivity index (χ3v) is 5.24. The Morgan fingerprint density at radius 2 is 2.04 bits per heavy atom. The summed E-state index contributed by atoms with van der Waals surface area (Å²) in [7, 11) is 2.09. The number of benzene rings is 1. The molecular weight excluding hydrogens is 334 g/mol. The lowest BCUT2D eigenvalue weighted by molar-refractivity contribution is -0.121. The zero-order valence-electron chi connectivity index (χ0n) is 14.3. The van der Waals surface area contributed by atoms with Crippen molar-refractivity contribution in [2.24, 2.45) is 0 Å². The van der Waals surface area contributed by atoms with E-state index in [1.54, 1.807) is 11.4 Å². The van der Waals surface area contributed by atoms with Crippen molar-refractivity contribution in [1.29, 1.82) is 0 Å². The smallest absolute Gasteiger partial charge is 0.252 e. The third kappa shape index (κ3) is 4.46. The minimum absolute atomic E-state index is 0.0214. The third-order valence-electron chi connectivity index (χ3n) is 4.56. The molecule has 2 aromatic rings. The molecule has 1 saturated heterocycles. The molecule has 0 aliphatic carbocycles. The Morgan fingerprint density at radius 1 is 1.24 bits per heavy atom. The van der Waals surface area contributed by atoms with Crippen molar-refractivity contribution < 1.29 is 9.59 Å². The maximum Gasteiger partial charge on any atom is 0.252 e. The number of carbonyl (C=O) groups is 2. The van der Waals surface area contributed by atoms with E-state index in [0.717, 1.165) is 13.0 Å². The topological polar surface area (TPSA) is 61.4 Å². The average molecular weight is 357 g/mol. The van der Waals surface area contributed by atoms with Crippen molar-refractivity contribution in [2.45, 2.75) is 24.9 Å². The second kappa shape index (κ2) is 8.27. The summed E-state index contributed by atoms with van der Waals surface area (Å²) in [5.41, 5.74) is 1.87. The molecule has 0 radical (unpaired) electrons. The van der Waals surface area contributed by atoms with Crippen LogP contribution >= 0.6 is 11.3 Å². The lowest BCUT2D eigenvalue weighted by Gasteiger charge is -2.26. The van der Waals surface area contributed by atoms with Gasteiger partial charge in [0.15, 0.2) is 0 Å². The molecule has 0 bridgehead atoms. The molecule has 0 saturated carbocycles. The standard InChI is InChI=1S/C19H23N3O2S/c1-22-11-8-16(18(22)14-5-3-2-4-6-14)21-17(23)7-10-20-19(24)15-9-12-25-13-15/h2-6,9,12-13,16,18H,7-8,10-11H2,1H3,(H,20,24)(H,21,23)/t16-,18+/m0/s1. The first kappa shape index (κ1) is 17.6. The van der Waals surface area contributed by atoms with Gasteiger partial charge in [-0.15, -0.1) is 0 Å². The van der Waals surface area contributed by atoms with Crippen LogP contribution in [0.4, 0.5) is 0 Å². The van der Waals surface area contributed by atoms with Crippen molar-refractivity contribution >= 4 is 23.2 Å². The maximum absolute atomic E-state index is 12.3. The molecule has 5 nitrogen and oxygen atoms in total. The van der Waals surface area contributed by atoms with Crippen LogP contribution in [0.3, 0.4) is 0 Å². The first-order valence-corrected chi connectivity index (χ1v) is 9.44. The Kier molecular flexibility index (Phi) is 5.83. The molecule has 25 heavy (non-hydrogen) atoms. The number of amides is 2. The molecule has 0 spiro atoms. The minimum Gasteiger partial charge on any atom is -0.351 e. The fourth-order valence-electron chi connectivity index (χ4n) is 3.30. The number of likely N-dealkylation sites (N-methyl/N-ethyl adjacent to an activating group) is 1. The van der Waals surface area contributed by atoms with Crippen LogP contribution < -0.4 is 10.6 Å². The summed E-state index contributed by atoms with van der Waals surface area (Å²) in [6, 6.07) is 12.3. The summed E-state index contributed by atoms with van der Waals surface area (Å²) in [5.74, 6) is -0.149. The Balaban J connectivity index is 1.49. The molecule has 1 fully saturated rings. The fourth-order valence-corrected chi connectivity index (χ4v) is 3.94. The van der Waals surface area contributed by atoms with Gasteiger partial charge in [0.1, 0.15) is 0 Å². The summed E-state index contributed by atoms with van der Waals surface area (Å²) in [4.78, 5) is 26.4. The van der Waals surface area contributed by atoms with E-state index in [1.165, 1.54) is 16.9 Å². The second-order valence-electron chi connectivity index (χ2n) is 6.32. The number of nitrogens with one attached hydrogen (secondary N) is 2. The highest BCUT2D eigenvalue weighted by Crippen LogP contribution is 2.30. The maximum atomic E-state index is 12.3. The van der Waals surface area contributed by atoms with Crippen LogP contribution in [0.5, 0.6) is 0 Å². The van der Waals surface area contributed by atoms with E-state index in [-0.39, 0.29) is 30.3 Å².